The van der Waals surface area contributed by atoms with Crippen molar-refractivity contribution in [3.63, 3.8) is 0 Å². The number of ether oxygens (including phenoxy) is 1. The van der Waals surface area contributed by atoms with Gasteiger partial charge in [-0.25, -0.2) is 0 Å². The third-order valence-corrected chi connectivity index (χ3v) is 3.40. The van der Waals surface area contributed by atoms with Gasteiger partial charge in [-0.1, -0.05) is 19.1 Å². The highest BCUT2D eigenvalue weighted by Gasteiger charge is 2.06. The van der Waals surface area contributed by atoms with Gasteiger partial charge in [-0.15, -0.1) is 0 Å². The summed E-state index contributed by atoms with van der Waals surface area (Å²) in [6, 6.07) is 6.44. The normalized spacial score (nSPS) is 12.7. The molecule has 0 bridgehead atoms. The third kappa shape index (κ3) is 5.62. The van der Waals surface area contributed by atoms with E-state index in [1.807, 2.05) is 6.92 Å². The number of nitrogens with zero attached hydrogens (tertiary/aromatic N) is 1. The fourth-order valence-corrected chi connectivity index (χ4v) is 2.08. The molecule has 0 spiro atoms. The van der Waals surface area contributed by atoms with E-state index in [0.717, 1.165) is 38.4 Å². The van der Waals surface area contributed by atoms with Gasteiger partial charge in [0.25, 0.3) is 0 Å². The van der Waals surface area contributed by atoms with E-state index >= 15 is 0 Å². The topological polar surface area (TPSA) is 38.5 Å². The number of aryl methyl sites for hydroxylation is 1. The van der Waals surface area contributed by atoms with Gasteiger partial charge in [0.15, 0.2) is 0 Å². The second-order valence-corrected chi connectivity index (χ2v) is 5.40. The molecule has 0 aliphatic rings. The highest BCUT2D eigenvalue weighted by molar-refractivity contribution is 5.36. The van der Waals surface area contributed by atoms with Crippen LogP contribution in [-0.4, -0.2) is 31.6 Å². The van der Waals surface area contributed by atoms with Crippen LogP contribution in [0.2, 0.25) is 0 Å². The van der Waals surface area contributed by atoms with Crippen LogP contribution in [0.1, 0.15) is 31.4 Å². The zero-order valence-corrected chi connectivity index (χ0v) is 12.8. The number of rotatable bonds is 8. The van der Waals surface area contributed by atoms with Crippen molar-refractivity contribution in [2.24, 2.45) is 11.7 Å². The van der Waals surface area contributed by atoms with Gasteiger partial charge in [-0.2, -0.15) is 0 Å². The van der Waals surface area contributed by atoms with Crippen LogP contribution >= 0.6 is 0 Å². The van der Waals surface area contributed by atoms with Crippen LogP contribution in [0.3, 0.4) is 0 Å². The van der Waals surface area contributed by atoms with Gasteiger partial charge in [0.2, 0.25) is 0 Å². The van der Waals surface area contributed by atoms with Gasteiger partial charge in [0, 0.05) is 6.54 Å². The molecule has 2 N–H and O–H groups in total. The van der Waals surface area contributed by atoms with E-state index in [-0.39, 0.29) is 0 Å². The van der Waals surface area contributed by atoms with Gasteiger partial charge in [0.1, 0.15) is 5.75 Å². The van der Waals surface area contributed by atoms with Crippen molar-refractivity contribution in [3.05, 3.63) is 29.3 Å². The second-order valence-electron chi connectivity index (χ2n) is 5.40. The molecule has 0 aliphatic heterocycles. The Hall–Kier alpha value is -1.06. The molecule has 1 aromatic rings. The summed E-state index contributed by atoms with van der Waals surface area (Å²) in [5, 5.41) is 0. The molecule has 0 aliphatic carbocycles. The van der Waals surface area contributed by atoms with Crippen LogP contribution in [0.25, 0.3) is 0 Å². The Kier molecular flexibility index (Phi) is 6.89. The Morgan fingerprint density at radius 1 is 1.37 bits per heavy atom. The zero-order chi connectivity index (χ0) is 14.3. The lowest BCUT2D eigenvalue weighted by Gasteiger charge is -2.19. The van der Waals surface area contributed by atoms with Gasteiger partial charge in [-0.3, -0.25) is 0 Å². The van der Waals surface area contributed by atoms with Crippen molar-refractivity contribution >= 4 is 0 Å². The molecule has 0 fully saturated rings. The predicted molar refractivity (Wildman–Crippen MR) is 81.5 cm³/mol. The molecule has 3 nitrogen and oxygen atoms in total. The predicted octanol–water partition coefficient (Wildman–Crippen LogP) is 2.81. The number of benzene rings is 1. The maximum atomic E-state index is 5.64. The SMILES string of the molecule is CCOc1ccc(CN(C)CCC(C)CN)cc1C. The van der Waals surface area contributed by atoms with Crippen LogP contribution in [0.5, 0.6) is 5.75 Å². The molecule has 1 unspecified atom stereocenters. The summed E-state index contributed by atoms with van der Waals surface area (Å²) in [7, 11) is 2.16. The molecule has 0 saturated heterocycles. The molecule has 0 heterocycles. The minimum Gasteiger partial charge on any atom is -0.494 e. The van der Waals surface area contributed by atoms with E-state index in [1.54, 1.807) is 0 Å². The Morgan fingerprint density at radius 2 is 2.11 bits per heavy atom. The molecular weight excluding hydrogens is 236 g/mol. The molecule has 0 radical (unpaired) electrons. The van der Waals surface area contributed by atoms with Crippen LogP contribution < -0.4 is 10.5 Å². The lowest BCUT2D eigenvalue weighted by molar-refractivity contribution is 0.299. The highest BCUT2D eigenvalue weighted by Crippen LogP contribution is 2.20. The Balaban J connectivity index is 2.50. The standard InChI is InChI=1S/C16H28N2O/c1-5-19-16-7-6-15(10-14(16)3)12-18(4)9-8-13(2)11-17/h6-7,10,13H,5,8-9,11-12,17H2,1-4H3. The molecule has 1 rings (SSSR count). The fraction of sp³-hybridized carbons (Fsp3) is 0.625. The van der Waals surface area contributed by atoms with Gasteiger partial charge < -0.3 is 15.4 Å². The Bertz CT molecular complexity index is 379. The van der Waals surface area contributed by atoms with E-state index in [9.17, 15) is 0 Å². The molecule has 0 amide bonds. The second kappa shape index (κ2) is 8.18. The van der Waals surface area contributed by atoms with Gasteiger partial charge in [0.05, 0.1) is 6.61 Å². The van der Waals surface area contributed by atoms with Crippen LogP contribution in [0.4, 0.5) is 0 Å². The molecule has 3 heteroatoms. The average molecular weight is 264 g/mol. The molecule has 1 atom stereocenters. The Labute approximate surface area is 117 Å². The quantitative estimate of drug-likeness (QED) is 0.784. The van der Waals surface area contributed by atoms with E-state index < -0.39 is 0 Å². The smallest absolute Gasteiger partial charge is 0.122 e. The average Bonchev–Trinajstić information content (AvgIpc) is 2.39. The van der Waals surface area contributed by atoms with Crippen molar-refractivity contribution < 1.29 is 4.74 Å². The largest absolute Gasteiger partial charge is 0.494 e. The summed E-state index contributed by atoms with van der Waals surface area (Å²) < 4.78 is 5.56. The van der Waals surface area contributed by atoms with Crippen LogP contribution in [0.15, 0.2) is 18.2 Å². The summed E-state index contributed by atoms with van der Waals surface area (Å²) in [5.74, 6) is 1.59. The van der Waals surface area contributed by atoms with Gasteiger partial charge >= 0.3 is 0 Å². The zero-order valence-electron chi connectivity index (χ0n) is 12.8. The lowest BCUT2D eigenvalue weighted by atomic mass is 10.1. The first-order valence-electron chi connectivity index (χ1n) is 7.17. The summed E-state index contributed by atoms with van der Waals surface area (Å²) in [6.45, 7) is 9.88. The summed E-state index contributed by atoms with van der Waals surface area (Å²) in [5.41, 5.74) is 8.19. The molecule has 0 saturated carbocycles. The molecule has 0 aromatic heterocycles. The summed E-state index contributed by atoms with van der Waals surface area (Å²) in [6.07, 6.45) is 1.16. The van der Waals surface area contributed by atoms with Crippen molar-refractivity contribution in [2.45, 2.75) is 33.7 Å². The summed E-state index contributed by atoms with van der Waals surface area (Å²) in [4.78, 5) is 2.35. The van der Waals surface area contributed by atoms with Crippen molar-refractivity contribution in [2.75, 3.05) is 26.7 Å². The van der Waals surface area contributed by atoms with E-state index in [1.165, 1.54) is 11.1 Å². The third-order valence-electron chi connectivity index (χ3n) is 3.40. The number of hydrogen-bond acceptors (Lipinski definition) is 3. The van der Waals surface area contributed by atoms with Crippen LogP contribution in [0, 0.1) is 12.8 Å². The lowest BCUT2D eigenvalue weighted by Crippen LogP contribution is -2.23. The minimum absolute atomic E-state index is 0.601. The Morgan fingerprint density at radius 3 is 2.68 bits per heavy atom. The van der Waals surface area contributed by atoms with E-state index in [4.69, 9.17) is 10.5 Å². The maximum absolute atomic E-state index is 5.64. The molecular formula is C16H28N2O. The van der Waals surface area contributed by atoms with Crippen molar-refractivity contribution in [3.8, 4) is 5.75 Å². The number of nitrogens with two attached hydrogens (primary N) is 1. The fourth-order valence-electron chi connectivity index (χ4n) is 2.08. The monoisotopic (exact) mass is 264 g/mol. The molecule has 1 aromatic carbocycles. The first-order chi connectivity index (χ1) is 9.06. The van der Waals surface area contributed by atoms with Crippen molar-refractivity contribution in [1.82, 2.24) is 4.90 Å². The van der Waals surface area contributed by atoms with E-state index in [0.29, 0.717) is 5.92 Å². The highest BCUT2D eigenvalue weighted by atomic mass is 16.5. The minimum atomic E-state index is 0.601. The van der Waals surface area contributed by atoms with Gasteiger partial charge in [-0.05, 0) is 63.5 Å². The molecule has 19 heavy (non-hydrogen) atoms. The van der Waals surface area contributed by atoms with Crippen molar-refractivity contribution in [1.29, 1.82) is 0 Å². The summed E-state index contributed by atoms with van der Waals surface area (Å²) >= 11 is 0. The maximum Gasteiger partial charge on any atom is 0.122 e. The van der Waals surface area contributed by atoms with E-state index in [2.05, 4.69) is 44.0 Å². The number of hydrogen-bond donors (Lipinski definition) is 1. The molecule has 108 valence electrons. The first-order valence-corrected chi connectivity index (χ1v) is 7.17. The first kappa shape index (κ1) is 16.0. The van der Waals surface area contributed by atoms with Crippen LogP contribution in [-0.2, 0) is 6.54 Å².